The van der Waals surface area contributed by atoms with Gasteiger partial charge in [0.2, 0.25) is 0 Å². The normalized spacial score (nSPS) is 25.3. The highest BCUT2D eigenvalue weighted by Gasteiger charge is 2.23. The Morgan fingerprint density at radius 1 is 1.44 bits per heavy atom. The number of benzene rings is 1. The van der Waals surface area contributed by atoms with Gasteiger partial charge < -0.3 is 10.0 Å². The van der Waals surface area contributed by atoms with Gasteiger partial charge in [-0.05, 0) is 50.3 Å². The average molecular weight is 251 g/mol. The third-order valence-electron chi connectivity index (χ3n) is 3.86. The van der Waals surface area contributed by atoms with Gasteiger partial charge in [-0.2, -0.15) is 0 Å². The first kappa shape index (κ1) is 13.5. The Hall–Kier alpha value is -0.930. The zero-order valence-corrected chi connectivity index (χ0v) is 11.2. The zero-order chi connectivity index (χ0) is 13.1. The Bertz CT molecular complexity index is 407. The van der Waals surface area contributed by atoms with E-state index in [0.717, 1.165) is 43.5 Å². The molecule has 0 aromatic heterocycles. The van der Waals surface area contributed by atoms with E-state index in [1.54, 1.807) is 6.07 Å². The Kier molecular flexibility index (Phi) is 4.36. The number of nitrogens with zero attached hydrogens (tertiary/aromatic N) is 1. The summed E-state index contributed by atoms with van der Waals surface area (Å²) in [5, 5.41) is 9.57. The van der Waals surface area contributed by atoms with Crippen LogP contribution in [-0.2, 0) is 6.42 Å². The molecule has 0 aliphatic carbocycles. The Morgan fingerprint density at radius 2 is 2.22 bits per heavy atom. The molecule has 2 unspecified atom stereocenters. The van der Waals surface area contributed by atoms with E-state index in [-0.39, 0.29) is 11.9 Å². The summed E-state index contributed by atoms with van der Waals surface area (Å²) in [6.07, 6.45) is 2.25. The maximum absolute atomic E-state index is 13.7. The van der Waals surface area contributed by atoms with Crippen LogP contribution in [0.25, 0.3) is 0 Å². The van der Waals surface area contributed by atoms with Crippen molar-refractivity contribution in [3.05, 3.63) is 35.1 Å². The molecule has 0 bridgehead atoms. The first-order valence-electron chi connectivity index (χ1n) is 6.73. The van der Waals surface area contributed by atoms with Crippen molar-refractivity contribution < 1.29 is 9.50 Å². The van der Waals surface area contributed by atoms with Crippen molar-refractivity contribution in [3.8, 4) is 0 Å². The van der Waals surface area contributed by atoms with E-state index in [9.17, 15) is 9.50 Å². The molecule has 1 fully saturated rings. The minimum absolute atomic E-state index is 0.0975. The SMILES string of the molecule is Cc1ccc(CCN2CCC(O)CC2C)c(F)c1. The second-order valence-electron chi connectivity index (χ2n) is 5.41. The van der Waals surface area contributed by atoms with Crippen LogP contribution < -0.4 is 0 Å². The second-order valence-corrected chi connectivity index (χ2v) is 5.41. The first-order valence-corrected chi connectivity index (χ1v) is 6.73. The van der Waals surface area contributed by atoms with E-state index in [1.807, 2.05) is 19.1 Å². The van der Waals surface area contributed by atoms with Crippen LogP contribution in [0.4, 0.5) is 4.39 Å². The molecule has 0 amide bonds. The minimum Gasteiger partial charge on any atom is -0.393 e. The number of hydrogen-bond donors (Lipinski definition) is 1. The summed E-state index contributed by atoms with van der Waals surface area (Å²) in [5.74, 6) is -0.0975. The van der Waals surface area contributed by atoms with Crippen LogP contribution in [0.15, 0.2) is 18.2 Å². The highest BCUT2D eigenvalue weighted by Crippen LogP contribution is 2.18. The van der Waals surface area contributed by atoms with Crippen molar-refractivity contribution >= 4 is 0 Å². The third-order valence-corrected chi connectivity index (χ3v) is 3.86. The summed E-state index contributed by atoms with van der Waals surface area (Å²) < 4.78 is 13.7. The lowest BCUT2D eigenvalue weighted by Crippen LogP contribution is -2.43. The number of rotatable bonds is 3. The fraction of sp³-hybridized carbons (Fsp3) is 0.600. The molecule has 2 nitrogen and oxygen atoms in total. The van der Waals surface area contributed by atoms with Crippen molar-refractivity contribution in [2.24, 2.45) is 0 Å². The van der Waals surface area contributed by atoms with Crippen molar-refractivity contribution in [1.29, 1.82) is 0 Å². The van der Waals surface area contributed by atoms with E-state index in [0.29, 0.717) is 6.04 Å². The van der Waals surface area contributed by atoms with Crippen LogP contribution in [0.1, 0.15) is 30.9 Å². The second kappa shape index (κ2) is 5.81. The number of aliphatic hydroxyl groups excluding tert-OH is 1. The molecule has 2 atom stereocenters. The number of likely N-dealkylation sites (tertiary alicyclic amines) is 1. The molecule has 18 heavy (non-hydrogen) atoms. The monoisotopic (exact) mass is 251 g/mol. The molecule has 2 rings (SSSR count). The molecule has 1 aromatic rings. The maximum atomic E-state index is 13.7. The summed E-state index contributed by atoms with van der Waals surface area (Å²) in [7, 11) is 0. The molecule has 1 N–H and O–H groups in total. The molecule has 1 heterocycles. The highest BCUT2D eigenvalue weighted by molar-refractivity contribution is 5.23. The van der Waals surface area contributed by atoms with Crippen molar-refractivity contribution in [2.75, 3.05) is 13.1 Å². The molecule has 1 aliphatic heterocycles. The third kappa shape index (κ3) is 3.30. The van der Waals surface area contributed by atoms with E-state index in [4.69, 9.17) is 0 Å². The fourth-order valence-electron chi connectivity index (χ4n) is 2.65. The van der Waals surface area contributed by atoms with Gasteiger partial charge >= 0.3 is 0 Å². The highest BCUT2D eigenvalue weighted by atomic mass is 19.1. The summed E-state index contributed by atoms with van der Waals surface area (Å²) in [4.78, 5) is 2.34. The fourth-order valence-corrected chi connectivity index (χ4v) is 2.65. The molecule has 0 radical (unpaired) electrons. The van der Waals surface area contributed by atoms with Gasteiger partial charge in [0.1, 0.15) is 5.82 Å². The number of aliphatic hydroxyl groups is 1. The zero-order valence-electron chi connectivity index (χ0n) is 11.2. The van der Waals surface area contributed by atoms with Gasteiger partial charge in [0.25, 0.3) is 0 Å². The van der Waals surface area contributed by atoms with Crippen LogP contribution in [0.3, 0.4) is 0 Å². The van der Waals surface area contributed by atoms with Gasteiger partial charge in [-0.3, -0.25) is 0 Å². The number of halogens is 1. The van der Waals surface area contributed by atoms with E-state index < -0.39 is 0 Å². The topological polar surface area (TPSA) is 23.5 Å². The molecule has 0 saturated carbocycles. The predicted octanol–water partition coefficient (Wildman–Crippen LogP) is 2.52. The summed E-state index contributed by atoms with van der Waals surface area (Å²) in [6, 6.07) is 5.83. The average Bonchev–Trinajstić information content (AvgIpc) is 2.30. The number of aryl methyl sites for hydroxylation is 1. The van der Waals surface area contributed by atoms with Crippen molar-refractivity contribution in [1.82, 2.24) is 4.90 Å². The maximum Gasteiger partial charge on any atom is 0.126 e. The summed E-state index contributed by atoms with van der Waals surface area (Å²) >= 11 is 0. The summed E-state index contributed by atoms with van der Waals surface area (Å²) in [6.45, 7) is 5.82. The van der Waals surface area contributed by atoms with Crippen LogP contribution in [0.2, 0.25) is 0 Å². The molecule has 100 valence electrons. The molecule has 0 spiro atoms. The largest absolute Gasteiger partial charge is 0.393 e. The molecule has 1 aromatic carbocycles. The van der Waals surface area contributed by atoms with Crippen LogP contribution >= 0.6 is 0 Å². The Balaban J connectivity index is 1.91. The molecule has 3 heteroatoms. The quantitative estimate of drug-likeness (QED) is 0.892. The molecule has 1 aliphatic rings. The Labute approximate surface area is 108 Å². The lowest BCUT2D eigenvalue weighted by Gasteiger charge is -2.35. The summed E-state index contributed by atoms with van der Waals surface area (Å²) in [5.41, 5.74) is 1.75. The van der Waals surface area contributed by atoms with Crippen molar-refractivity contribution in [2.45, 2.75) is 45.3 Å². The Morgan fingerprint density at radius 3 is 2.89 bits per heavy atom. The van der Waals surface area contributed by atoms with Crippen molar-refractivity contribution in [3.63, 3.8) is 0 Å². The van der Waals surface area contributed by atoms with Crippen LogP contribution in [-0.4, -0.2) is 35.2 Å². The first-order chi connectivity index (χ1) is 8.56. The van der Waals surface area contributed by atoms with E-state index in [2.05, 4.69) is 11.8 Å². The molecular formula is C15H22FNO. The van der Waals surface area contributed by atoms with E-state index >= 15 is 0 Å². The van der Waals surface area contributed by atoms with Gasteiger partial charge in [0.15, 0.2) is 0 Å². The number of piperidine rings is 1. The van der Waals surface area contributed by atoms with Crippen LogP contribution in [0, 0.1) is 12.7 Å². The van der Waals surface area contributed by atoms with Gasteiger partial charge in [-0.1, -0.05) is 12.1 Å². The van der Waals surface area contributed by atoms with E-state index in [1.165, 1.54) is 0 Å². The smallest absolute Gasteiger partial charge is 0.126 e. The van der Waals surface area contributed by atoms with Gasteiger partial charge in [0.05, 0.1) is 6.10 Å². The van der Waals surface area contributed by atoms with Gasteiger partial charge in [0, 0.05) is 19.1 Å². The number of hydrogen-bond acceptors (Lipinski definition) is 2. The minimum atomic E-state index is -0.160. The lowest BCUT2D eigenvalue weighted by atomic mass is 10.00. The predicted molar refractivity (Wildman–Crippen MR) is 71.1 cm³/mol. The standard InChI is InChI=1S/C15H22FNO/c1-11-3-4-13(15(16)9-11)5-7-17-8-6-14(18)10-12(17)2/h3-4,9,12,14,18H,5-8,10H2,1-2H3. The lowest BCUT2D eigenvalue weighted by molar-refractivity contribution is 0.0489. The van der Waals surface area contributed by atoms with Gasteiger partial charge in [-0.15, -0.1) is 0 Å². The molecule has 1 saturated heterocycles. The molecular weight excluding hydrogens is 229 g/mol. The van der Waals surface area contributed by atoms with Gasteiger partial charge in [-0.25, -0.2) is 4.39 Å². The van der Waals surface area contributed by atoms with Crippen LogP contribution in [0.5, 0.6) is 0 Å².